The number of carbonyl (C=O) groups excluding carboxylic acids is 3. The summed E-state index contributed by atoms with van der Waals surface area (Å²) in [5, 5.41) is 0. The zero-order valence-corrected chi connectivity index (χ0v) is 8.86. The molecule has 0 aliphatic heterocycles. The van der Waals surface area contributed by atoms with Gasteiger partial charge in [-0.25, -0.2) is 4.79 Å². The molecule has 15 heavy (non-hydrogen) atoms. The normalized spacial score (nSPS) is 9.40. The highest BCUT2D eigenvalue weighted by Gasteiger charge is 2.03. The van der Waals surface area contributed by atoms with Gasteiger partial charge in [0, 0.05) is 12.8 Å². The summed E-state index contributed by atoms with van der Waals surface area (Å²) >= 11 is 0. The van der Waals surface area contributed by atoms with E-state index in [4.69, 9.17) is 0 Å². The molecule has 0 bridgehead atoms. The molecule has 0 saturated heterocycles. The summed E-state index contributed by atoms with van der Waals surface area (Å²) in [7, 11) is 0. The number of Topliss-reactive ketones (excluding diaryl/α,β-unsaturated/α-hetero) is 1. The van der Waals surface area contributed by atoms with Crippen molar-refractivity contribution >= 4 is 18.2 Å². The average Bonchev–Trinajstić information content (AvgIpc) is 2.19. The van der Waals surface area contributed by atoms with Crippen molar-refractivity contribution in [2.45, 2.75) is 32.6 Å². The minimum atomic E-state index is -0.746. The predicted molar refractivity (Wildman–Crippen MR) is 52.5 cm³/mol. The largest absolute Gasteiger partial charge is 0.508 e. The van der Waals surface area contributed by atoms with Gasteiger partial charge >= 0.3 is 6.16 Å². The van der Waals surface area contributed by atoms with E-state index in [9.17, 15) is 14.4 Å². The third-order valence-corrected chi connectivity index (χ3v) is 1.58. The van der Waals surface area contributed by atoms with Crippen LogP contribution in [0, 0.1) is 0 Å². The Morgan fingerprint density at radius 2 is 1.73 bits per heavy atom. The molecule has 0 saturated carbocycles. The van der Waals surface area contributed by atoms with Crippen molar-refractivity contribution < 1.29 is 23.9 Å². The highest BCUT2D eigenvalue weighted by Crippen LogP contribution is 1.95. The second-order valence-corrected chi connectivity index (χ2v) is 3.06. The number of hydrogen-bond acceptors (Lipinski definition) is 5. The standard InChI is InChI=1S/C10H16O5/c1-9(12)5-4-8-15-10(13)14-7-3-2-6-11/h6H,2-5,7-8H2,1H3. The second kappa shape index (κ2) is 9.18. The lowest BCUT2D eigenvalue weighted by Gasteiger charge is -2.04. The van der Waals surface area contributed by atoms with Crippen molar-refractivity contribution in [3.63, 3.8) is 0 Å². The molecular formula is C10H16O5. The third kappa shape index (κ3) is 10.5. The van der Waals surface area contributed by atoms with Crippen LogP contribution in [0.15, 0.2) is 0 Å². The second-order valence-electron chi connectivity index (χ2n) is 3.06. The Kier molecular flexibility index (Phi) is 8.33. The van der Waals surface area contributed by atoms with Crippen LogP contribution in [0.3, 0.4) is 0 Å². The van der Waals surface area contributed by atoms with Crippen molar-refractivity contribution in [1.29, 1.82) is 0 Å². The van der Waals surface area contributed by atoms with Gasteiger partial charge in [-0.1, -0.05) is 0 Å². The fourth-order valence-corrected chi connectivity index (χ4v) is 0.840. The van der Waals surface area contributed by atoms with Crippen LogP contribution in [-0.4, -0.2) is 31.4 Å². The molecule has 0 amide bonds. The van der Waals surface area contributed by atoms with Crippen LogP contribution in [0.25, 0.3) is 0 Å². The van der Waals surface area contributed by atoms with Crippen molar-refractivity contribution in [2.75, 3.05) is 13.2 Å². The van der Waals surface area contributed by atoms with E-state index in [-0.39, 0.29) is 19.0 Å². The van der Waals surface area contributed by atoms with Crippen LogP contribution in [0.1, 0.15) is 32.6 Å². The van der Waals surface area contributed by atoms with E-state index in [0.29, 0.717) is 25.7 Å². The maximum absolute atomic E-state index is 10.8. The Bertz CT molecular complexity index is 212. The molecule has 0 aliphatic rings. The highest BCUT2D eigenvalue weighted by atomic mass is 16.7. The Balaban J connectivity index is 3.25. The lowest BCUT2D eigenvalue weighted by molar-refractivity contribution is -0.117. The number of rotatable bonds is 8. The first-order chi connectivity index (χ1) is 7.16. The maximum Gasteiger partial charge on any atom is 0.508 e. The Labute approximate surface area is 88.7 Å². The summed E-state index contributed by atoms with van der Waals surface area (Å²) in [6.45, 7) is 1.86. The molecule has 0 unspecified atom stereocenters. The van der Waals surface area contributed by atoms with Crippen molar-refractivity contribution in [2.24, 2.45) is 0 Å². The molecule has 0 aromatic rings. The first kappa shape index (κ1) is 13.6. The number of hydrogen-bond donors (Lipinski definition) is 0. The summed E-state index contributed by atoms with van der Waals surface area (Å²) < 4.78 is 9.32. The van der Waals surface area contributed by atoms with Gasteiger partial charge in [-0.2, -0.15) is 0 Å². The van der Waals surface area contributed by atoms with E-state index in [1.54, 1.807) is 0 Å². The minimum Gasteiger partial charge on any atom is -0.434 e. The van der Waals surface area contributed by atoms with E-state index in [1.165, 1.54) is 6.92 Å². The molecule has 0 heterocycles. The number of unbranched alkanes of at least 4 members (excludes halogenated alkanes) is 1. The van der Waals surface area contributed by atoms with Crippen LogP contribution in [0.5, 0.6) is 0 Å². The van der Waals surface area contributed by atoms with Crippen molar-refractivity contribution in [3.8, 4) is 0 Å². The first-order valence-corrected chi connectivity index (χ1v) is 4.89. The molecule has 0 fully saturated rings. The number of ketones is 1. The van der Waals surface area contributed by atoms with Gasteiger partial charge in [-0.3, -0.25) is 0 Å². The van der Waals surface area contributed by atoms with Crippen LogP contribution < -0.4 is 0 Å². The van der Waals surface area contributed by atoms with Crippen molar-refractivity contribution in [3.05, 3.63) is 0 Å². The van der Waals surface area contributed by atoms with Crippen LogP contribution in [0.4, 0.5) is 4.79 Å². The van der Waals surface area contributed by atoms with Gasteiger partial charge in [0.15, 0.2) is 0 Å². The molecule has 0 rings (SSSR count). The van der Waals surface area contributed by atoms with E-state index in [1.807, 2.05) is 0 Å². The molecule has 0 N–H and O–H groups in total. The fraction of sp³-hybridized carbons (Fsp3) is 0.700. The fourth-order valence-electron chi connectivity index (χ4n) is 0.840. The molecule has 0 aromatic heterocycles. The number of carbonyl (C=O) groups is 3. The summed E-state index contributed by atoms with van der Waals surface area (Å²) in [4.78, 5) is 31.3. The predicted octanol–water partition coefficient (Wildman–Crippen LogP) is 1.49. The molecule has 86 valence electrons. The van der Waals surface area contributed by atoms with Gasteiger partial charge in [0.2, 0.25) is 0 Å². The lowest BCUT2D eigenvalue weighted by atomic mass is 10.2. The van der Waals surface area contributed by atoms with Crippen molar-refractivity contribution in [1.82, 2.24) is 0 Å². The van der Waals surface area contributed by atoms with Crippen LogP contribution in [-0.2, 0) is 19.1 Å². The topological polar surface area (TPSA) is 69.7 Å². The molecule has 0 atom stereocenters. The molecular weight excluding hydrogens is 200 g/mol. The van der Waals surface area contributed by atoms with Gasteiger partial charge in [0.25, 0.3) is 0 Å². The van der Waals surface area contributed by atoms with E-state index >= 15 is 0 Å². The summed E-state index contributed by atoms with van der Waals surface area (Å²) in [6.07, 6.45) is 1.81. The molecule has 0 spiro atoms. The number of aldehydes is 1. The van der Waals surface area contributed by atoms with E-state index in [0.717, 1.165) is 6.29 Å². The average molecular weight is 216 g/mol. The zero-order chi connectivity index (χ0) is 11.5. The van der Waals surface area contributed by atoms with E-state index in [2.05, 4.69) is 9.47 Å². The quantitative estimate of drug-likeness (QED) is 0.349. The lowest BCUT2D eigenvalue weighted by Crippen LogP contribution is -2.10. The van der Waals surface area contributed by atoms with Gasteiger partial charge < -0.3 is 19.1 Å². The highest BCUT2D eigenvalue weighted by molar-refractivity contribution is 5.75. The van der Waals surface area contributed by atoms with Crippen LogP contribution >= 0.6 is 0 Å². The molecule has 0 aromatic carbocycles. The van der Waals surface area contributed by atoms with Crippen LogP contribution in [0.2, 0.25) is 0 Å². The first-order valence-electron chi connectivity index (χ1n) is 4.89. The van der Waals surface area contributed by atoms with Gasteiger partial charge in [0.1, 0.15) is 12.1 Å². The maximum atomic E-state index is 10.8. The summed E-state index contributed by atoms with van der Waals surface area (Å²) in [6, 6.07) is 0. The summed E-state index contributed by atoms with van der Waals surface area (Å²) in [5.41, 5.74) is 0. The minimum absolute atomic E-state index is 0.0675. The Morgan fingerprint density at radius 1 is 1.13 bits per heavy atom. The SMILES string of the molecule is CC(=O)CCCOC(=O)OCCCC=O. The Hall–Kier alpha value is -1.39. The number of ether oxygens (including phenoxy) is 2. The van der Waals surface area contributed by atoms with Gasteiger partial charge in [0.05, 0.1) is 13.2 Å². The molecule has 5 heteroatoms. The van der Waals surface area contributed by atoms with Gasteiger partial charge in [-0.05, 0) is 19.8 Å². The van der Waals surface area contributed by atoms with Gasteiger partial charge in [-0.15, -0.1) is 0 Å². The molecule has 0 aliphatic carbocycles. The third-order valence-electron chi connectivity index (χ3n) is 1.58. The van der Waals surface area contributed by atoms with E-state index < -0.39 is 6.16 Å². The molecule has 5 nitrogen and oxygen atoms in total. The zero-order valence-electron chi connectivity index (χ0n) is 8.86. The monoisotopic (exact) mass is 216 g/mol. The molecule has 0 radical (unpaired) electrons. The smallest absolute Gasteiger partial charge is 0.434 e. The summed E-state index contributed by atoms with van der Waals surface area (Å²) in [5.74, 6) is 0.0675. The Morgan fingerprint density at radius 3 is 2.27 bits per heavy atom.